The quantitative estimate of drug-likeness (QED) is 0.868. The Kier molecular flexibility index (Phi) is 4.38. The number of hydrogen-bond donors (Lipinski definition) is 0. The molecule has 0 saturated carbocycles. The largest absolute Gasteiger partial charge is 0.328 e. The van der Waals surface area contributed by atoms with Gasteiger partial charge in [0.1, 0.15) is 0 Å². The minimum absolute atomic E-state index is 0.207. The molecule has 0 fully saturated rings. The number of aromatic nitrogens is 1. The van der Waals surface area contributed by atoms with Crippen molar-refractivity contribution in [3.05, 3.63) is 52.0 Å². The lowest BCUT2D eigenvalue weighted by molar-refractivity contribution is 0.219. The third-order valence-electron chi connectivity index (χ3n) is 3.45. The number of thiophene rings is 1. The van der Waals surface area contributed by atoms with Gasteiger partial charge in [-0.15, -0.1) is 11.3 Å². The summed E-state index contributed by atoms with van der Waals surface area (Å²) in [6.07, 6.45) is 5.50. The molecule has 104 valence electrons. The van der Waals surface area contributed by atoms with E-state index in [9.17, 15) is 4.79 Å². The van der Waals surface area contributed by atoms with E-state index >= 15 is 0 Å². The molecule has 0 saturated heterocycles. The van der Waals surface area contributed by atoms with Crippen LogP contribution in [0.5, 0.6) is 0 Å². The number of hydrogen-bond acceptors (Lipinski definition) is 4. The monoisotopic (exact) mass is 304 g/mol. The molecular formula is C15H16N2OS2. The van der Waals surface area contributed by atoms with Crippen molar-refractivity contribution in [1.29, 1.82) is 0 Å². The highest BCUT2D eigenvalue weighted by atomic mass is 32.2. The van der Waals surface area contributed by atoms with Gasteiger partial charge in [-0.2, -0.15) is 0 Å². The Morgan fingerprint density at radius 2 is 2.20 bits per heavy atom. The van der Waals surface area contributed by atoms with Crippen molar-refractivity contribution in [1.82, 2.24) is 9.88 Å². The second kappa shape index (κ2) is 6.41. The van der Waals surface area contributed by atoms with E-state index in [1.54, 1.807) is 23.7 Å². The van der Waals surface area contributed by atoms with Crippen LogP contribution in [-0.4, -0.2) is 27.4 Å². The van der Waals surface area contributed by atoms with Crippen molar-refractivity contribution in [3.63, 3.8) is 0 Å². The fourth-order valence-corrected chi connectivity index (χ4v) is 4.09. The second-order valence-electron chi connectivity index (χ2n) is 4.76. The number of fused-ring (bicyclic) bond motifs is 1. The number of aryl methyl sites for hydroxylation is 1. The molecule has 0 unspecified atom stereocenters. The molecule has 3 nitrogen and oxygen atoms in total. The Morgan fingerprint density at radius 3 is 3.05 bits per heavy atom. The highest BCUT2D eigenvalue weighted by Crippen LogP contribution is 2.26. The molecule has 1 amide bonds. The lowest BCUT2D eigenvalue weighted by Gasteiger charge is -2.26. The molecule has 0 N–H and O–H groups in total. The van der Waals surface area contributed by atoms with Crippen LogP contribution in [0.15, 0.2) is 36.0 Å². The fraction of sp³-hybridized carbons (Fsp3) is 0.333. The van der Waals surface area contributed by atoms with E-state index in [2.05, 4.69) is 16.4 Å². The summed E-state index contributed by atoms with van der Waals surface area (Å²) < 4.78 is 0. The van der Waals surface area contributed by atoms with Crippen molar-refractivity contribution in [3.8, 4) is 0 Å². The first-order chi connectivity index (χ1) is 9.83. The second-order valence-corrected chi connectivity index (χ2v) is 6.81. The van der Waals surface area contributed by atoms with E-state index in [1.807, 2.05) is 17.0 Å². The third-order valence-corrected chi connectivity index (χ3v) is 5.31. The minimum atomic E-state index is 0.207. The van der Waals surface area contributed by atoms with Crippen LogP contribution in [0.25, 0.3) is 0 Å². The molecule has 2 aromatic rings. The average Bonchev–Trinajstić information content (AvgIpc) is 2.95. The van der Waals surface area contributed by atoms with Gasteiger partial charge in [-0.05, 0) is 47.5 Å². The molecule has 1 aliphatic rings. The van der Waals surface area contributed by atoms with E-state index in [4.69, 9.17) is 0 Å². The summed E-state index contributed by atoms with van der Waals surface area (Å²) in [6, 6.07) is 6.19. The van der Waals surface area contributed by atoms with Crippen molar-refractivity contribution >= 4 is 28.3 Å². The van der Waals surface area contributed by atoms with Crippen molar-refractivity contribution in [2.45, 2.75) is 19.4 Å². The van der Waals surface area contributed by atoms with Crippen LogP contribution in [0, 0.1) is 0 Å². The maximum absolute atomic E-state index is 12.2. The molecule has 0 aliphatic carbocycles. The number of amides is 1. The SMILES string of the molecule is O=C(SCCc1ccncc1)N1CCc2ccsc2C1. The Balaban J connectivity index is 1.48. The first-order valence-corrected chi connectivity index (χ1v) is 8.55. The number of rotatable bonds is 3. The van der Waals surface area contributed by atoms with E-state index < -0.39 is 0 Å². The Morgan fingerprint density at radius 1 is 1.35 bits per heavy atom. The van der Waals surface area contributed by atoms with Gasteiger partial charge in [0.25, 0.3) is 5.24 Å². The van der Waals surface area contributed by atoms with Crippen LogP contribution < -0.4 is 0 Å². The molecule has 0 atom stereocenters. The predicted octanol–water partition coefficient (Wildman–Crippen LogP) is 3.60. The van der Waals surface area contributed by atoms with Gasteiger partial charge in [0.15, 0.2) is 0 Å². The Bertz CT molecular complexity index is 583. The molecule has 1 aliphatic heterocycles. The smallest absolute Gasteiger partial charge is 0.281 e. The predicted molar refractivity (Wildman–Crippen MR) is 84.2 cm³/mol. The van der Waals surface area contributed by atoms with Gasteiger partial charge in [-0.3, -0.25) is 9.78 Å². The molecule has 0 bridgehead atoms. The van der Waals surface area contributed by atoms with Gasteiger partial charge in [-0.1, -0.05) is 11.8 Å². The molecule has 3 heterocycles. The van der Waals surface area contributed by atoms with Gasteiger partial charge >= 0.3 is 0 Å². The topological polar surface area (TPSA) is 33.2 Å². The van der Waals surface area contributed by atoms with Gasteiger partial charge in [0, 0.05) is 29.6 Å². The summed E-state index contributed by atoms with van der Waals surface area (Å²) in [6.45, 7) is 1.64. The molecule has 2 aromatic heterocycles. The average molecular weight is 304 g/mol. The van der Waals surface area contributed by atoms with Crippen LogP contribution >= 0.6 is 23.1 Å². The lowest BCUT2D eigenvalue weighted by Crippen LogP contribution is -2.32. The molecular weight excluding hydrogens is 288 g/mol. The van der Waals surface area contributed by atoms with E-state index in [1.165, 1.54) is 27.8 Å². The fourth-order valence-electron chi connectivity index (χ4n) is 2.29. The number of carbonyl (C=O) groups is 1. The number of carbonyl (C=O) groups excluding carboxylic acids is 1. The van der Waals surface area contributed by atoms with Gasteiger partial charge in [0.05, 0.1) is 6.54 Å². The summed E-state index contributed by atoms with van der Waals surface area (Å²) in [7, 11) is 0. The van der Waals surface area contributed by atoms with Crippen molar-refractivity contribution in [2.24, 2.45) is 0 Å². The van der Waals surface area contributed by atoms with Crippen molar-refractivity contribution < 1.29 is 4.79 Å². The van der Waals surface area contributed by atoms with E-state index in [-0.39, 0.29) is 5.24 Å². The normalized spacial score (nSPS) is 14.1. The zero-order chi connectivity index (χ0) is 13.8. The van der Waals surface area contributed by atoms with Crippen LogP contribution in [0.1, 0.15) is 16.0 Å². The molecule has 0 spiro atoms. The van der Waals surface area contributed by atoms with E-state index in [0.717, 1.165) is 31.7 Å². The minimum Gasteiger partial charge on any atom is -0.328 e. The number of pyridine rings is 1. The van der Waals surface area contributed by atoms with Crippen LogP contribution in [-0.2, 0) is 19.4 Å². The summed E-state index contributed by atoms with van der Waals surface area (Å²) in [5.41, 5.74) is 2.65. The number of nitrogens with zero attached hydrogens (tertiary/aromatic N) is 2. The van der Waals surface area contributed by atoms with Crippen LogP contribution in [0.3, 0.4) is 0 Å². The molecule has 0 radical (unpaired) electrons. The molecule has 5 heteroatoms. The lowest BCUT2D eigenvalue weighted by atomic mass is 10.1. The zero-order valence-electron chi connectivity index (χ0n) is 11.1. The highest BCUT2D eigenvalue weighted by molar-refractivity contribution is 8.13. The van der Waals surface area contributed by atoms with Crippen LogP contribution in [0.2, 0.25) is 0 Å². The Hall–Kier alpha value is -1.33. The molecule has 3 rings (SSSR count). The molecule has 0 aromatic carbocycles. The third kappa shape index (κ3) is 3.22. The van der Waals surface area contributed by atoms with Gasteiger partial charge < -0.3 is 4.90 Å². The van der Waals surface area contributed by atoms with Gasteiger partial charge in [0.2, 0.25) is 0 Å². The maximum atomic E-state index is 12.2. The summed E-state index contributed by atoms with van der Waals surface area (Å²) in [5.74, 6) is 0.830. The van der Waals surface area contributed by atoms with Gasteiger partial charge in [-0.25, -0.2) is 0 Å². The van der Waals surface area contributed by atoms with Crippen molar-refractivity contribution in [2.75, 3.05) is 12.3 Å². The maximum Gasteiger partial charge on any atom is 0.281 e. The molecule has 20 heavy (non-hydrogen) atoms. The highest BCUT2D eigenvalue weighted by Gasteiger charge is 2.21. The Labute approximate surface area is 127 Å². The zero-order valence-corrected chi connectivity index (χ0v) is 12.8. The summed E-state index contributed by atoms with van der Waals surface area (Å²) in [5, 5.41) is 2.33. The first kappa shape index (κ1) is 13.6. The summed E-state index contributed by atoms with van der Waals surface area (Å²) in [4.78, 5) is 19.5. The van der Waals surface area contributed by atoms with Crippen LogP contribution in [0.4, 0.5) is 4.79 Å². The number of thioether (sulfide) groups is 1. The summed E-state index contributed by atoms with van der Waals surface area (Å²) >= 11 is 3.18. The standard InChI is InChI=1S/C15H16N2OS2/c18-15(20-9-4-12-1-6-16-7-2-12)17-8-3-13-5-10-19-14(13)11-17/h1-2,5-7,10H,3-4,8-9,11H2. The van der Waals surface area contributed by atoms with E-state index in [0.29, 0.717) is 0 Å². The first-order valence-electron chi connectivity index (χ1n) is 6.69.